The van der Waals surface area contributed by atoms with Crippen molar-refractivity contribution in [2.45, 2.75) is 57.5 Å². The number of rotatable bonds is 3. The van der Waals surface area contributed by atoms with Gasteiger partial charge in [0.15, 0.2) is 0 Å². The minimum atomic E-state index is 0.373. The van der Waals surface area contributed by atoms with E-state index in [4.69, 9.17) is 4.74 Å². The molecule has 4 saturated carbocycles. The van der Waals surface area contributed by atoms with Gasteiger partial charge in [-0.1, -0.05) is 0 Å². The van der Waals surface area contributed by atoms with Crippen molar-refractivity contribution in [3.63, 3.8) is 0 Å². The first-order valence-electron chi connectivity index (χ1n) is 10.9. The van der Waals surface area contributed by atoms with Crippen LogP contribution >= 0.6 is 0 Å². The van der Waals surface area contributed by atoms with Crippen molar-refractivity contribution in [1.82, 2.24) is 9.80 Å². The van der Waals surface area contributed by atoms with Gasteiger partial charge in [0.25, 0.3) is 0 Å². The molecule has 4 bridgehead atoms. The predicted octanol–water partition coefficient (Wildman–Crippen LogP) is 2.77. The molecule has 4 aliphatic carbocycles. The summed E-state index contributed by atoms with van der Waals surface area (Å²) >= 11 is 0. The second-order valence-electron chi connectivity index (χ2n) is 9.57. The van der Waals surface area contributed by atoms with E-state index >= 15 is 0 Å². The standard InChI is InChI=1S/C21H34N2O2/c24-21(20-17-10-15-9-16(12-17)13-18(20)11-15)23-5-2-4-22(6-7-23)14-19-3-1-8-25-19/h15-20H,1-14H2. The SMILES string of the molecule is O=C(C1C2CC3CC(C2)CC1C3)N1CCCN(CC2CCCO2)CC1. The van der Waals surface area contributed by atoms with E-state index in [1.165, 1.54) is 44.9 Å². The van der Waals surface area contributed by atoms with Crippen LogP contribution in [0, 0.1) is 29.6 Å². The summed E-state index contributed by atoms with van der Waals surface area (Å²) in [6, 6.07) is 0. The average Bonchev–Trinajstić information content (AvgIpc) is 2.98. The predicted molar refractivity (Wildman–Crippen MR) is 97.1 cm³/mol. The molecule has 0 radical (unpaired) electrons. The van der Waals surface area contributed by atoms with Gasteiger partial charge < -0.3 is 9.64 Å². The van der Waals surface area contributed by atoms with E-state index in [1.807, 2.05) is 0 Å². The molecule has 1 atom stereocenters. The van der Waals surface area contributed by atoms with Crippen LogP contribution < -0.4 is 0 Å². The Morgan fingerprint density at radius 2 is 1.64 bits per heavy atom. The summed E-state index contributed by atoms with van der Waals surface area (Å²) in [6.45, 7) is 6.10. The van der Waals surface area contributed by atoms with Gasteiger partial charge in [-0.2, -0.15) is 0 Å². The molecule has 1 unspecified atom stereocenters. The molecule has 6 rings (SSSR count). The van der Waals surface area contributed by atoms with Crippen LogP contribution in [0.2, 0.25) is 0 Å². The van der Waals surface area contributed by atoms with Gasteiger partial charge in [-0.15, -0.1) is 0 Å². The smallest absolute Gasteiger partial charge is 0.226 e. The van der Waals surface area contributed by atoms with Gasteiger partial charge >= 0.3 is 0 Å². The molecule has 2 saturated heterocycles. The monoisotopic (exact) mass is 346 g/mol. The molecule has 4 heteroatoms. The number of ether oxygens (including phenoxy) is 1. The molecule has 6 fully saturated rings. The molecule has 0 N–H and O–H groups in total. The zero-order valence-corrected chi connectivity index (χ0v) is 15.6. The van der Waals surface area contributed by atoms with Gasteiger partial charge in [0, 0.05) is 38.7 Å². The summed E-state index contributed by atoms with van der Waals surface area (Å²) in [4.78, 5) is 18.2. The minimum Gasteiger partial charge on any atom is -0.377 e. The molecule has 2 aliphatic heterocycles. The van der Waals surface area contributed by atoms with Gasteiger partial charge in [0.1, 0.15) is 0 Å². The molecular weight excluding hydrogens is 312 g/mol. The van der Waals surface area contributed by atoms with Crippen LogP contribution in [-0.2, 0) is 9.53 Å². The highest BCUT2D eigenvalue weighted by Crippen LogP contribution is 2.56. The Labute approximate surface area is 152 Å². The topological polar surface area (TPSA) is 32.8 Å². The molecule has 6 aliphatic rings. The van der Waals surface area contributed by atoms with Crippen molar-refractivity contribution >= 4 is 5.91 Å². The van der Waals surface area contributed by atoms with Crippen LogP contribution in [0.4, 0.5) is 0 Å². The Kier molecular flexibility index (Phi) is 4.53. The number of hydrogen-bond donors (Lipinski definition) is 0. The highest BCUT2D eigenvalue weighted by atomic mass is 16.5. The summed E-state index contributed by atoms with van der Waals surface area (Å²) in [5.74, 6) is 4.24. The largest absolute Gasteiger partial charge is 0.377 e. The van der Waals surface area contributed by atoms with Crippen molar-refractivity contribution in [1.29, 1.82) is 0 Å². The van der Waals surface area contributed by atoms with Gasteiger partial charge in [0.05, 0.1) is 6.10 Å². The number of amides is 1. The van der Waals surface area contributed by atoms with E-state index < -0.39 is 0 Å². The van der Waals surface area contributed by atoms with Crippen molar-refractivity contribution in [2.75, 3.05) is 39.3 Å². The Bertz CT molecular complexity index is 474. The lowest BCUT2D eigenvalue weighted by Gasteiger charge is -2.54. The van der Waals surface area contributed by atoms with E-state index in [0.717, 1.165) is 69.4 Å². The summed E-state index contributed by atoms with van der Waals surface area (Å²) in [6.07, 6.45) is 10.9. The fourth-order valence-electron chi connectivity index (χ4n) is 6.99. The maximum Gasteiger partial charge on any atom is 0.226 e. The maximum absolute atomic E-state index is 13.4. The Balaban J connectivity index is 1.19. The maximum atomic E-state index is 13.4. The first kappa shape index (κ1) is 16.6. The zero-order chi connectivity index (χ0) is 16.8. The van der Waals surface area contributed by atoms with Crippen LogP contribution in [-0.4, -0.2) is 61.1 Å². The van der Waals surface area contributed by atoms with Crippen molar-refractivity contribution in [3.8, 4) is 0 Å². The lowest BCUT2D eigenvalue weighted by molar-refractivity contribution is -0.149. The van der Waals surface area contributed by atoms with E-state index in [0.29, 0.717) is 17.9 Å². The van der Waals surface area contributed by atoms with E-state index in [1.54, 1.807) is 0 Å². The molecule has 0 aromatic carbocycles. The van der Waals surface area contributed by atoms with Gasteiger partial charge in [-0.3, -0.25) is 9.69 Å². The number of hydrogen-bond acceptors (Lipinski definition) is 3. The Hall–Kier alpha value is -0.610. The summed E-state index contributed by atoms with van der Waals surface area (Å²) < 4.78 is 5.81. The molecule has 0 spiro atoms. The quantitative estimate of drug-likeness (QED) is 0.788. The van der Waals surface area contributed by atoms with Gasteiger partial charge in [-0.25, -0.2) is 0 Å². The average molecular weight is 347 g/mol. The number of carbonyl (C=O) groups excluding carboxylic acids is 1. The van der Waals surface area contributed by atoms with E-state index in [-0.39, 0.29) is 0 Å². The van der Waals surface area contributed by atoms with Crippen LogP contribution in [0.25, 0.3) is 0 Å². The van der Waals surface area contributed by atoms with Crippen molar-refractivity contribution < 1.29 is 9.53 Å². The zero-order valence-electron chi connectivity index (χ0n) is 15.6. The van der Waals surface area contributed by atoms with Crippen molar-refractivity contribution in [2.24, 2.45) is 29.6 Å². The number of nitrogens with zero attached hydrogens (tertiary/aromatic N) is 2. The normalized spacial score (nSPS) is 44.2. The van der Waals surface area contributed by atoms with E-state index in [2.05, 4.69) is 9.80 Å². The third-order valence-corrected chi connectivity index (χ3v) is 7.90. The summed E-state index contributed by atoms with van der Waals surface area (Å²) in [5.41, 5.74) is 0. The van der Waals surface area contributed by atoms with Crippen LogP contribution in [0.5, 0.6) is 0 Å². The fourth-order valence-corrected chi connectivity index (χ4v) is 6.99. The number of carbonyl (C=O) groups is 1. The first-order valence-corrected chi connectivity index (χ1v) is 10.9. The lowest BCUT2D eigenvalue weighted by atomic mass is 9.51. The molecule has 2 heterocycles. The van der Waals surface area contributed by atoms with Gasteiger partial charge in [-0.05, 0) is 81.6 Å². The molecule has 140 valence electrons. The summed E-state index contributed by atoms with van der Waals surface area (Å²) in [5, 5.41) is 0. The fraction of sp³-hybridized carbons (Fsp3) is 0.952. The molecule has 0 aromatic heterocycles. The molecule has 0 aromatic rings. The Morgan fingerprint density at radius 1 is 0.880 bits per heavy atom. The summed E-state index contributed by atoms with van der Waals surface area (Å²) in [7, 11) is 0. The van der Waals surface area contributed by atoms with E-state index in [9.17, 15) is 4.79 Å². The first-order chi connectivity index (χ1) is 12.3. The van der Waals surface area contributed by atoms with Crippen LogP contribution in [0.15, 0.2) is 0 Å². The third-order valence-electron chi connectivity index (χ3n) is 7.90. The van der Waals surface area contributed by atoms with Crippen molar-refractivity contribution in [3.05, 3.63) is 0 Å². The van der Waals surface area contributed by atoms with Crippen LogP contribution in [0.3, 0.4) is 0 Å². The van der Waals surface area contributed by atoms with Crippen LogP contribution in [0.1, 0.15) is 51.4 Å². The van der Waals surface area contributed by atoms with Gasteiger partial charge in [0.2, 0.25) is 5.91 Å². The molecular formula is C21H34N2O2. The molecule has 4 nitrogen and oxygen atoms in total. The molecule has 1 amide bonds. The second-order valence-corrected chi connectivity index (χ2v) is 9.57. The highest BCUT2D eigenvalue weighted by molar-refractivity contribution is 5.80. The Morgan fingerprint density at radius 3 is 2.32 bits per heavy atom. The molecule has 25 heavy (non-hydrogen) atoms. The highest BCUT2D eigenvalue weighted by Gasteiger charge is 2.51. The second kappa shape index (κ2) is 6.84. The third kappa shape index (κ3) is 3.25. The minimum absolute atomic E-state index is 0.373. The lowest BCUT2D eigenvalue weighted by Crippen LogP contribution is -2.52.